The molecule has 2 rings (SSSR count). The van der Waals surface area contributed by atoms with Crippen LogP contribution in [0, 0.1) is 5.92 Å². The van der Waals surface area contributed by atoms with Gasteiger partial charge in [-0.3, -0.25) is 14.7 Å². The minimum Gasteiger partial charge on any atom is -0.481 e. The SMILES string of the molecule is O=C(NC1CCC(C(=O)O)CC1)c1ncn[nH]1. The van der Waals surface area contributed by atoms with Crippen LogP contribution >= 0.6 is 0 Å². The number of rotatable bonds is 3. The van der Waals surface area contributed by atoms with E-state index in [9.17, 15) is 9.59 Å². The first-order valence-electron chi connectivity index (χ1n) is 5.56. The van der Waals surface area contributed by atoms with Gasteiger partial charge in [0.1, 0.15) is 6.33 Å². The number of nitrogens with zero attached hydrogens (tertiary/aromatic N) is 2. The van der Waals surface area contributed by atoms with Crippen molar-refractivity contribution in [2.24, 2.45) is 5.92 Å². The highest BCUT2D eigenvalue weighted by Gasteiger charge is 2.27. The molecule has 0 unspecified atom stereocenters. The van der Waals surface area contributed by atoms with Gasteiger partial charge in [-0.2, -0.15) is 5.10 Å². The topological polar surface area (TPSA) is 108 Å². The molecule has 1 saturated carbocycles. The van der Waals surface area contributed by atoms with Crippen molar-refractivity contribution in [3.05, 3.63) is 12.2 Å². The molecule has 0 saturated heterocycles. The first-order valence-corrected chi connectivity index (χ1v) is 5.56. The second kappa shape index (κ2) is 4.94. The van der Waals surface area contributed by atoms with E-state index in [0.29, 0.717) is 25.7 Å². The summed E-state index contributed by atoms with van der Waals surface area (Å²) in [5.74, 6) is -1.12. The third kappa shape index (κ3) is 2.80. The Balaban J connectivity index is 1.82. The normalized spacial score (nSPS) is 24.2. The first kappa shape index (κ1) is 11.6. The lowest BCUT2D eigenvalue weighted by Crippen LogP contribution is -2.39. The standard InChI is InChI=1S/C10H14N4O3/c15-9(8-11-5-12-14-8)13-7-3-1-6(2-4-7)10(16)17/h5-7H,1-4H2,(H,13,15)(H,16,17)(H,11,12,14). The lowest BCUT2D eigenvalue weighted by atomic mass is 9.86. The summed E-state index contributed by atoms with van der Waals surface area (Å²) in [6, 6.07) is 0.0307. The van der Waals surface area contributed by atoms with E-state index in [1.807, 2.05) is 0 Å². The fourth-order valence-electron chi connectivity index (χ4n) is 2.05. The third-order valence-corrected chi connectivity index (χ3v) is 3.04. The van der Waals surface area contributed by atoms with E-state index in [1.165, 1.54) is 6.33 Å². The summed E-state index contributed by atoms with van der Waals surface area (Å²) in [5.41, 5.74) is 0. The number of hydrogen-bond donors (Lipinski definition) is 3. The zero-order valence-corrected chi connectivity index (χ0v) is 9.22. The van der Waals surface area contributed by atoms with Gasteiger partial charge in [0.05, 0.1) is 5.92 Å². The van der Waals surface area contributed by atoms with Gasteiger partial charge >= 0.3 is 5.97 Å². The Morgan fingerprint density at radius 1 is 1.35 bits per heavy atom. The fourth-order valence-corrected chi connectivity index (χ4v) is 2.05. The van der Waals surface area contributed by atoms with Crippen molar-refractivity contribution in [2.75, 3.05) is 0 Å². The molecule has 0 atom stereocenters. The Morgan fingerprint density at radius 3 is 2.59 bits per heavy atom. The maximum absolute atomic E-state index is 11.6. The summed E-state index contributed by atoms with van der Waals surface area (Å²) in [7, 11) is 0. The van der Waals surface area contributed by atoms with Crippen LogP contribution in [0.4, 0.5) is 0 Å². The molecule has 17 heavy (non-hydrogen) atoms. The van der Waals surface area contributed by atoms with Gasteiger partial charge in [0.15, 0.2) is 0 Å². The molecule has 0 aromatic carbocycles. The predicted octanol–water partition coefficient (Wildman–Crippen LogP) is 0.178. The van der Waals surface area contributed by atoms with Gasteiger partial charge in [-0.25, -0.2) is 4.98 Å². The molecule has 0 radical (unpaired) electrons. The van der Waals surface area contributed by atoms with Gasteiger partial charge in [-0.15, -0.1) is 0 Å². The molecule has 7 nitrogen and oxygen atoms in total. The number of H-pyrrole nitrogens is 1. The summed E-state index contributed by atoms with van der Waals surface area (Å²) < 4.78 is 0. The molecule has 1 heterocycles. The van der Waals surface area contributed by atoms with Gasteiger partial charge in [-0.1, -0.05) is 0 Å². The zero-order valence-electron chi connectivity index (χ0n) is 9.22. The van der Waals surface area contributed by atoms with Crippen molar-refractivity contribution in [1.82, 2.24) is 20.5 Å². The molecule has 92 valence electrons. The Hall–Kier alpha value is -1.92. The quantitative estimate of drug-likeness (QED) is 0.696. The molecule has 1 aromatic heterocycles. The molecule has 1 aliphatic rings. The Bertz CT molecular complexity index is 396. The number of carbonyl (C=O) groups excluding carboxylic acids is 1. The molecule has 1 amide bonds. The number of aromatic nitrogens is 3. The van der Waals surface area contributed by atoms with Crippen LogP contribution in [0.5, 0.6) is 0 Å². The van der Waals surface area contributed by atoms with E-state index in [-0.39, 0.29) is 23.7 Å². The number of nitrogens with one attached hydrogen (secondary N) is 2. The first-order chi connectivity index (χ1) is 8.16. The van der Waals surface area contributed by atoms with Crippen LogP contribution < -0.4 is 5.32 Å². The van der Waals surface area contributed by atoms with Gasteiger partial charge in [0.2, 0.25) is 5.82 Å². The van der Waals surface area contributed by atoms with Crippen molar-refractivity contribution in [1.29, 1.82) is 0 Å². The van der Waals surface area contributed by atoms with E-state index >= 15 is 0 Å². The fraction of sp³-hybridized carbons (Fsp3) is 0.600. The number of aromatic amines is 1. The van der Waals surface area contributed by atoms with Crippen LogP contribution in [0.3, 0.4) is 0 Å². The second-order valence-corrected chi connectivity index (χ2v) is 4.19. The maximum atomic E-state index is 11.6. The minimum absolute atomic E-state index is 0.0307. The number of aliphatic carboxylic acids is 1. The molecule has 1 fully saturated rings. The molecule has 3 N–H and O–H groups in total. The van der Waals surface area contributed by atoms with Gasteiger partial charge < -0.3 is 10.4 Å². The molecule has 0 bridgehead atoms. The van der Waals surface area contributed by atoms with Crippen LogP contribution in [0.2, 0.25) is 0 Å². The summed E-state index contributed by atoms with van der Waals surface area (Å²) in [5, 5.41) is 17.7. The average Bonchev–Trinajstić information content (AvgIpc) is 2.83. The summed E-state index contributed by atoms with van der Waals surface area (Å²) >= 11 is 0. The number of carbonyl (C=O) groups is 2. The average molecular weight is 238 g/mol. The molecule has 7 heteroatoms. The van der Waals surface area contributed by atoms with E-state index < -0.39 is 5.97 Å². The van der Waals surface area contributed by atoms with Crippen LogP contribution in [0.15, 0.2) is 6.33 Å². The summed E-state index contributed by atoms with van der Waals surface area (Å²) in [6.07, 6.45) is 3.87. The molecular formula is C10H14N4O3. The highest BCUT2D eigenvalue weighted by Crippen LogP contribution is 2.24. The van der Waals surface area contributed by atoms with Crippen LogP contribution in [0.1, 0.15) is 36.3 Å². The van der Waals surface area contributed by atoms with Crippen molar-refractivity contribution >= 4 is 11.9 Å². The summed E-state index contributed by atoms with van der Waals surface area (Å²) in [4.78, 5) is 26.1. The highest BCUT2D eigenvalue weighted by atomic mass is 16.4. The highest BCUT2D eigenvalue weighted by molar-refractivity contribution is 5.90. The van der Waals surface area contributed by atoms with Crippen LogP contribution in [-0.2, 0) is 4.79 Å². The van der Waals surface area contributed by atoms with E-state index in [4.69, 9.17) is 5.11 Å². The minimum atomic E-state index is -0.745. The third-order valence-electron chi connectivity index (χ3n) is 3.04. The Labute approximate surface area is 97.6 Å². The van der Waals surface area contributed by atoms with Crippen LogP contribution in [0.25, 0.3) is 0 Å². The van der Waals surface area contributed by atoms with Crippen molar-refractivity contribution in [3.8, 4) is 0 Å². The van der Waals surface area contributed by atoms with Crippen LogP contribution in [-0.4, -0.2) is 38.2 Å². The molecule has 1 aromatic rings. The maximum Gasteiger partial charge on any atom is 0.306 e. The summed E-state index contributed by atoms with van der Waals surface area (Å²) in [6.45, 7) is 0. The lowest BCUT2D eigenvalue weighted by Gasteiger charge is -2.26. The van der Waals surface area contributed by atoms with E-state index in [0.717, 1.165) is 0 Å². The van der Waals surface area contributed by atoms with E-state index in [2.05, 4.69) is 20.5 Å². The number of amides is 1. The smallest absolute Gasteiger partial charge is 0.306 e. The van der Waals surface area contributed by atoms with Gasteiger partial charge in [-0.05, 0) is 25.7 Å². The molecular weight excluding hydrogens is 224 g/mol. The predicted molar refractivity (Wildman–Crippen MR) is 57.2 cm³/mol. The number of carboxylic acids is 1. The molecule has 1 aliphatic carbocycles. The Morgan fingerprint density at radius 2 is 2.06 bits per heavy atom. The van der Waals surface area contributed by atoms with Gasteiger partial charge in [0, 0.05) is 6.04 Å². The largest absolute Gasteiger partial charge is 0.481 e. The van der Waals surface area contributed by atoms with Gasteiger partial charge in [0.25, 0.3) is 5.91 Å². The van der Waals surface area contributed by atoms with Crippen molar-refractivity contribution < 1.29 is 14.7 Å². The second-order valence-electron chi connectivity index (χ2n) is 4.19. The lowest BCUT2D eigenvalue weighted by molar-refractivity contribution is -0.142. The number of carboxylic acid groups (broad SMARTS) is 1. The zero-order chi connectivity index (χ0) is 12.3. The molecule has 0 aliphatic heterocycles. The van der Waals surface area contributed by atoms with Crippen molar-refractivity contribution in [3.63, 3.8) is 0 Å². The Kier molecular flexibility index (Phi) is 3.36. The van der Waals surface area contributed by atoms with E-state index in [1.54, 1.807) is 0 Å². The monoisotopic (exact) mass is 238 g/mol. The number of hydrogen-bond acceptors (Lipinski definition) is 4. The van der Waals surface area contributed by atoms with Crippen molar-refractivity contribution in [2.45, 2.75) is 31.7 Å². The molecule has 0 spiro atoms.